The molecule has 1 atom stereocenters. The standard InChI is InChI=1S/C15H20N2O2/c16-17-14(9-11-5-7-18-8-6-11)13-10-19-15-4-2-1-3-12(13)15/h1-4,10-11,14,17H,5-9,16H2. The third-order valence-corrected chi connectivity index (χ3v) is 4.00. The summed E-state index contributed by atoms with van der Waals surface area (Å²) in [6.45, 7) is 1.74. The van der Waals surface area contributed by atoms with Crippen LogP contribution in [0.25, 0.3) is 11.0 Å². The molecule has 3 rings (SSSR count). The molecule has 2 heterocycles. The molecule has 0 aliphatic carbocycles. The smallest absolute Gasteiger partial charge is 0.134 e. The first-order chi connectivity index (χ1) is 9.38. The molecule has 1 fully saturated rings. The number of nitrogens with two attached hydrogens (primary N) is 1. The number of fused-ring (bicyclic) bond motifs is 1. The highest BCUT2D eigenvalue weighted by molar-refractivity contribution is 5.81. The Morgan fingerprint density at radius 1 is 1.26 bits per heavy atom. The van der Waals surface area contributed by atoms with E-state index in [-0.39, 0.29) is 6.04 Å². The van der Waals surface area contributed by atoms with Crippen LogP contribution in [0, 0.1) is 5.92 Å². The van der Waals surface area contributed by atoms with Crippen molar-refractivity contribution in [2.24, 2.45) is 11.8 Å². The molecule has 1 saturated heterocycles. The van der Waals surface area contributed by atoms with Gasteiger partial charge in [0.05, 0.1) is 12.3 Å². The molecule has 0 bridgehead atoms. The Morgan fingerprint density at radius 2 is 2.05 bits per heavy atom. The molecule has 102 valence electrons. The van der Waals surface area contributed by atoms with Gasteiger partial charge in [-0.3, -0.25) is 11.3 Å². The normalized spacial score (nSPS) is 18.8. The Kier molecular flexibility index (Phi) is 3.82. The van der Waals surface area contributed by atoms with E-state index >= 15 is 0 Å². The maximum atomic E-state index is 5.75. The number of hydrazine groups is 1. The van der Waals surface area contributed by atoms with E-state index in [4.69, 9.17) is 15.0 Å². The van der Waals surface area contributed by atoms with E-state index in [1.165, 1.54) is 0 Å². The number of hydrogen-bond acceptors (Lipinski definition) is 4. The van der Waals surface area contributed by atoms with Crippen molar-refractivity contribution in [2.75, 3.05) is 13.2 Å². The summed E-state index contributed by atoms with van der Waals surface area (Å²) in [5.74, 6) is 6.42. The van der Waals surface area contributed by atoms with Crippen LogP contribution < -0.4 is 11.3 Å². The fraction of sp³-hybridized carbons (Fsp3) is 0.467. The van der Waals surface area contributed by atoms with E-state index in [9.17, 15) is 0 Å². The molecular formula is C15H20N2O2. The van der Waals surface area contributed by atoms with Crippen molar-refractivity contribution in [1.82, 2.24) is 5.43 Å². The molecule has 4 nitrogen and oxygen atoms in total. The molecule has 4 heteroatoms. The lowest BCUT2D eigenvalue weighted by atomic mass is 9.89. The lowest BCUT2D eigenvalue weighted by molar-refractivity contribution is 0.0605. The van der Waals surface area contributed by atoms with Gasteiger partial charge in [0.25, 0.3) is 0 Å². The summed E-state index contributed by atoms with van der Waals surface area (Å²) in [5, 5.41) is 1.15. The minimum Gasteiger partial charge on any atom is -0.464 e. The first kappa shape index (κ1) is 12.7. The molecule has 1 aliphatic rings. The second-order valence-electron chi connectivity index (χ2n) is 5.20. The number of nitrogens with one attached hydrogen (secondary N) is 1. The number of para-hydroxylation sites is 1. The molecule has 3 N–H and O–H groups in total. The Balaban J connectivity index is 1.81. The summed E-state index contributed by atoms with van der Waals surface area (Å²) in [7, 11) is 0. The van der Waals surface area contributed by atoms with Gasteiger partial charge in [-0.1, -0.05) is 18.2 Å². The largest absolute Gasteiger partial charge is 0.464 e. The highest BCUT2D eigenvalue weighted by atomic mass is 16.5. The summed E-state index contributed by atoms with van der Waals surface area (Å²) in [6, 6.07) is 8.23. The van der Waals surface area contributed by atoms with E-state index in [0.717, 1.165) is 49.0 Å². The predicted molar refractivity (Wildman–Crippen MR) is 74.4 cm³/mol. The molecule has 0 amide bonds. The summed E-state index contributed by atoms with van der Waals surface area (Å²) in [5.41, 5.74) is 5.02. The predicted octanol–water partition coefficient (Wildman–Crippen LogP) is 2.75. The SMILES string of the molecule is NNC(CC1CCOCC1)c1coc2ccccc12. The van der Waals surface area contributed by atoms with Crippen molar-refractivity contribution >= 4 is 11.0 Å². The average molecular weight is 260 g/mol. The van der Waals surface area contributed by atoms with Gasteiger partial charge in [0.2, 0.25) is 0 Å². The zero-order valence-electron chi connectivity index (χ0n) is 11.0. The van der Waals surface area contributed by atoms with Gasteiger partial charge in [-0.15, -0.1) is 0 Å². The van der Waals surface area contributed by atoms with Crippen LogP contribution >= 0.6 is 0 Å². The van der Waals surface area contributed by atoms with Crippen molar-refractivity contribution in [1.29, 1.82) is 0 Å². The maximum Gasteiger partial charge on any atom is 0.134 e. The summed E-state index contributed by atoms with van der Waals surface area (Å²) < 4.78 is 11.0. The van der Waals surface area contributed by atoms with E-state index in [1.807, 2.05) is 24.5 Å². The molecule has 0 saturated carbocycles. The zero-order chi connectivity index (χ0) is 13.1. The van der Waals surface area contributed by atoms with Crippen molar-refractivity contribution < 1.29 is 9.15 Å². The summed E-state index contributed by atoms with van der Waals surface area (Å²) in [4.78, 5) is 0. The van der Waals surface area contributed by atoms with Crippen LogP contribution in [0.3, 0.4) is 0 Å². The lowest BCUT2D eigenvalue weighted by Crippen LogP contribution is -2.31. The second-order valence-corrected chi connectivity index (χ2v) is 5.20. The van der Waals surface area contributed by atoms with Gasteiger partial charge in [0, 0.05) is 24.2 Å². The number of ether oxygens (including phenoxy) is 1. The van der Waals surface area contributed by atoms with Gasteiger partial charge in [-0.25, -0.2) is 0 Å². The Labute approximate surface area is 112 Å². The highest BCUT2D eigenvalue weighted by Gasteiger charge is 2.22. The van der Waals surface area contributed by atoms with Gasteiger partial charge >= 0.3 is 0 Å². The molecule has 0 spiro atoms. The second kappa shape index (κ2) is 5.74. The van der Waals surface area contributed by atoms with Crippen LogP contribution in [0.2, 0.25) is 0 Å². The topological polar surface area (TPSA) is 60.4 Å². The quantitative estimate of drug-likeness (QED) is 0.655. The van der Waals surface area contributed by atoms with Crippen molar-refractivity contribution in [2.45, 2.75) is 25.3 Å². The molecule has 0 radical (unpaired) electrons. The van der Waals surface area contributed by atoms with Crippen LogP contribution in [0.15, 0.2) is 34.9 Å². The number of hydrogen-bond donors (Lipinski definition) is 2. The van der Waals surface area contributed by atoms with E-state index in [2.05, 4.69) is 11.5 Å². The van der Waals surface area contributed by atoms with E-state index in [0.29, 0.717) is 5.92 Å². The fourth-order valence-corrected chi connectivity index (χ4v) is 2.87. The first-order valence-corrected chi connectivity index (χ1v) is 6.88. The number of furan rings is 1. The van der Waals surface area contributed by atoms with Crippen LogP contribution in [0.1, 0.15) is 30.9 Å². The van der Waals surface area contributed by atoms with Crippen LogP contribution in [-0.2, 0) is 4.74 Å². The van der Waals surface area contributed by atoms with Crippen molar-refractivity contribution in [3.8, 4) is 0 Å². The molecule has 19 heavy (non-hydrogen) atoms. The Hall–Kier alpha value is -1.36. The van der Waals surface area contributed by atoms with Gasteiger partial charge in [0.15, 0.2) is 0 Å². The lowest BCUT2D eigenvalue weighted by Gasteiger charge is -2.26. The van der Waals surface area contributed by atoms with Crippen LogP contribution in [0.5, 0.6) is 0 Å². The highest BCUT2D eigenvalue weighted by Crippen LogP contribution is 2.32. The first-order valence-electron chi connectivity index (χ1n) is 6.88. The monoisotopic (exact) mass is 260 g/mol. The third-order valence-electron chi connectivity index (χ3n) is 4.00. The van der Waals surface area contributed by atoms with Gasteiger partial charge in [-0.2, -0.15) is 0 Å². The molecular weight excluding hydrogens is 240 g/mol. The summed E-state index contributed by atoms with van der Waals surface area (Å²) >= 11 is 0. The van der Waals surface area contributed by atoms with Gasteiger partial charge < -0.3 is 9.15 Å². The summed E-state index contributed by atoms with van der Waals surface area (Å²) in [6.07, 6.45) is 5.10. The average Bonchev–Trinajstić information content (AvgIpc) is 2.90. The maximum absolute atomic E-state index is 5.75. The minimum absolute atomic E-state index is 0.145. The molecule has 1 aromatic carbocycles. The molecule has 1 aliphatic heterocycles. The number of rotatable bonds is 4. The van der Waals surface area contributed by atoms with E-state index < -0.39 is 0 Å². The Bertz CT molecular complexity index is 532. The molecule has 1 unspecified atom stereocenters. The van der Waals surface area contributed by atoms with Crippen LogP contribution in [0.4, 0.5) is 0 Å². The van der Waals surface area contributed by atoms with Crippen molar-refractivity contribution in [3.63, 3.8) is 0 Å². The van der Waals surface area contributed by atoms with Crippen molar-refractivity contribution in [3.05, 3.63) is 36.1 Å². The van der Waals surface area contributed by atoms with Gasteiger partial charge in [0.1, 0.15) is 5.58 Å². The number of benzene rings is 1. The zero-order valence-corrected chi connectivity index (χ0v) is 11.0. The minimum atomic E-state index is 0.145. The molecule has 2 aromatic rings. The molecule has 1 aromatic heterocycles. The van der Waals surface area contributed by atoms with Gasteiger partial charge in [-0.05, 0) is 31.2 Å². The Morgan fingerprint density at radius 3 is 2.84 bits per heavy atom. The fourth-order valence-electron chi connectivity index (χ4n) is 2.87. The third kappa shape index (κ3) is 2.66. The van der Waals surface area contributed by atoms with Crippen LogP contribution in [-0.4, -0.2) is 13.2 Å². The van der Waals surface area contributed by atoms with E-state index in [1.54, 1.807) is 0 Å².